The Hall–Kier alpha value is -2.64. The van der Waals surface area contributed by atoms with E-state index in [1.165, 1.54) is 5.56 Å². The van der Waals surface area contributed by atoms with E-state index >= 15 is 0 Å². The minimum Gasteiger partial charge on any atom is -0.491 e. The second kappa shape index (κ2) is 9.88. The van der Waals surface area contributed by atoms with Crippen LogP contribution < -0.4 is 9.47 Å². The molecule has 2 aromatic rings. The summed E-state index contributed by atoms with van der Waals surface area (Å²) < 4.78 is 17.4. The summed E-state index contributed by atoms with van der Waals surface area (Å²) >= 11 is 0. The number of hydrogen-bond acceptors (Lipinski definition) is 6. The van der Waals surface area contributed by atoms with Crippen LogP contribution in [0.1, 0.15) is 30.4 Å². The van der Waals surface area contributed by atoms with E-state index in [1.54, 1.807) is 12.4 Å². The number of benzene rings is 1. The molecule has 1 aromatic carbocycles. The first-order valence-corrected chi connectivity index (χ1v) is 11.6. The summed E-state index contributed by atoms with van der Waals surface area (Å²) in [7, 11) is 0. The van der Waals surface area contributed by atoms with Crippen LogP contribution in [0.5, 0.6) is 11.5 Å². The van der Waals surface area contributed by atoms with E-state index in [-0.39, 0.29) is 17.9 Å². The van der Waals surface area contributed by atoms with Crippen LogP contribution >= 0.6 is 0 Å². The zero-order valence-corrected chi connectivity index (χ0v) is 18.4. The van der Waals surface area contributed by atoms with Crippen LogP contribution in [0, 0.1) is 5.92 Å². The van der Waals surface area contributed by atoms with Crippen LogP contribution in [0.2, 0.25) is 0 Å². The molecule has 7 heteroatoms. The summed E-state index contributed by atoms with van der Waals surface area (Å²) in [6.45, 7) is 5.92. The molecule has 1 amide bonds. The van der Waals surface area contributed by atoms with Gasteiger partial charge in [0.2, 0.25) is 5.91 Å². The van der Waals surface area contributed by atoms with Crippen LogP contribution in [-0.4, -0.2) is 66.2 Å². The first-order chi connectivity index (χ1) is 15.7. The monoisotopic (exact) mass is 437 g/mol. The average Bonchev–Trinajstić information content (AvgIpc) is 3.28. The number of hydrogen-bond donors (Lipinski definition) is 0. The van der Waals surface area contributed by atoms with Crippen molar-refractivity contribution in [3.8, 4) is 11.5 Å². The van der Waals surface area contributed by atoms with Crippen LogP contribution in [0.15, 0.2) is 42.7 Å². The molecule has 0 N–H and O–H groups in total. The summed E-state index contributed by atoms with van der Waals surface area (Å²) in [4.78, 5) is 21.4. The van der Waals surface area contributed by atoms with Gasteiger partial charge in [0.1, 0.15) is 24.2 Å². The van der Waals surface area contributed by atoms with Crippen molar-refractivity contribution in [2.24, 2.45) is 5.92 Å². The summed E-state index contributed by atoms with van der Waals surface area (Å²) in [6.07, 6.45) is 6.62. The third-order valence-electron chi connectivity index (χ3n) is 6.57. The molecule has 4 heterocycles. The molecule has 5 rings (SSSR count). The van der Waals surface area contributed by atoms with Crippen molar-refractivity contribution in [1.82, 2.24) is 14.8 Å². The Morgan fingerprint density at radius 2 is 2.03 bits per heavy atom. The molecule has 0 radical (unpaired) electrons. The first-order valence-electron chi connectivity index (χ1n) is 11.6. The largest absolute Gasteiger partial charge is 0.491 e. The molecule has 170 valence electrons. The summed E-state index contributed by atoms with van der Waals surface area (Å²) in [5.41, 5.74) is 2.36. The van der Waals surface area contributed by atoms with E-state index in [9.17, 15) is 4.79 Å². The lowest BCUT2D eigenvalue weighted by atomic mass is 10.0. The Labute approximate surface area is 189 Å². The topological polar surface area (TPSA) is 64.1 Å². The van der Waals surface area contributed by atoms with E-state index in [4.69, 9.17) is 14.2 Å². The van der Waals surface area contributed by atoms with Crippen molar-refractivity contribution in [1.29, 1.82) is 0 Å². The SMILES string of the molecule is O=C(C1CCOC1)N1CCOc2ccc(CN3CCC(Oc4cccnc4)CC3)cc2C1. The average molecular weight is 438 g/mol. The zero-order valence-electron chi connectivity index (χ0n) is 18.4. The molecule has 32 heavy (non-hydrogen) atoms. The van der Waals surface area contributed by atoms with E-state index in [0.717, 1.165) is 56.0 Å². The number of rotatable bonds is 5. The minimum atomic E-state index is -0.00471. The highest BCUT2D eigenvalue weighted by atomic mass is 16.5. The Morgan fingerprint density at radius 1 is 1.12 bits per heavy atom. The van der Waals surface area contributed by atoms with Gasteiger partial charge < -0.3 is 19.1 Å². The lowest BCUT2D eigenvalue weighted by Gasteiger charge is -2.32. The quantitative estimate of drug-likeness (QED) is 0.717. The standard InChI is InChI=1S/C25H31N3O4/c29-25(20-7-12-30-18-20)28-11-13-31-24-4-3-19(14-21(24)17-28)16-27-9-5-22(6-10-27)32-23-2-1-8-26-15-23/h1-4,8,14-15,20,22H,5-7,9-13,16-18H2. The number of amides is 1. The van der Waals surface area contributed by atoms with E-state index in [1.807, 2.05) is 17.0 Å². The molecular weight excluding hydrogens is 406 g/mol. The molecule has 7 nitrogen and oxygen atoms in total. The fourth-order valence-corrected chi connectivity index (χ4v) is 4.77. The minimum absolute atomic E-state index is 0.00471. The van der Waals surface area contributed by atoms with Gasteiger partial charge in [-0.2, -0.15) is 0 Å². The van der Waals surface area contributed by atoms with Crippen LogP contribution in [0.25, 0.3) is 0 Å². The van der Waals surface area contributed by atoms with Gasteiger partial charge in [-0.25, -0.2) is 0 Å². The number of likely N-dealkylation sites (tertiary alicyclic amines) is 1. The lowest BCUT2D eigenvalue weighted by Crippen LogP contribution is -2.38. The van der Waals surface area contributed by atoms with Gasteiger partial charge in [0.05, 0.1) is 25.3 Å². The van der Waals surface area contributed by atoms with Crippen LogP contribution in [0.3, 0.4) is 0 Å². The third kappa shape index (κ3) is 5.05. The van der Waals surface area contributed by atoms with Crippen molar-refractivity contribution >= 4 is 5.91 Å². The molecule has 1 atom stereocenters. The number of piperidine rings is 1. The van der Waals surface area contributed by atoms with Crippen molar-refractivity contribution < 1.29 is 19.0 Å². The van der Waals surface area contributed by atoms with Gasteiger partial charge in [-0.1, -0.05) is 6.07 Å². The number of fused-ring (bicyclic) bond motifs is 1. The summed E-state index contributed by atoms with van der Waals surface area (Å²) in [6, 6.07) is 10.3. The Balaban J connectivity index is 1.18. The Morgan fingerprint density at radius 3 is 2.81 bits per heavy atom. The van der Waals surface area contributed by atoms with Gasteiger partial charge >= 0.3 is 0 Å². The lowest BCUT2D eigenvalue weighted by molar-refractivity contribution is -0.136. The Bertz CT molecular complexity index is 909. The number of nitrogens with zero attached hydrogens (tertiary/aromatic N) is 3. The number of carbonyl (C=O) groups excluding carboxylic acids is 1. The third-order valence-corrected chi connectivity index (χ3v) is 6.57. The van der Waals surface area contributed by atoms with Crippen molar-refractivity contribution in [2.45, 2.75) is 38.5 Å². The molecule has 0 spiro atoms. The predicted molar refractivity (Wildman–Crippen MR) is 119 cm³/mol. The molecule has 3 aliphatic heterocycles. The summed E-state index contributed by atoms with van der Waals surface area (Å²) in [5.74, 6) is 1.94. The highest BCUT2D eigenvalue weighted by molar-refractivity contribution is 5.79. The molecule has 2 saturated heterocycles. The Kier molecular flexibility index (Phi) is 6.55. The van der Waals surface area contributed by atoms with Gasteiger partial charge in [0.25, 0.3) is 0 Å². The molecule has 0 saturated carbocycles. The number of pyridine rings is 1. The molecular formula is C25H31N3O4. The van der Waals surface area contributed by atoms with Gasteiger partial charge in [0, 0.05) is 44.5 Å². The normalized spacial score (nSPS) is 22.1. The summed E-state index contributed by atoms with van der Waals surface area (Å²) in [5, 5.41) is 0. The zero-order chi connectivity index (χ0) is 21.8. The molecule has 2 fully saturated rings. The first kappa shape index (κ1) is 21.2. The molecule has 1 aromatic heterocycles. The second-order valence-corrected chi connectivity index (χ2v) is 8.89. The van der Waals surface area contributed by atoms with Gasteiger partial charge in [-0.3, -0.25) is 14.7 Å². The van der Waals surface area contributed by atoms with Gasteiger partial charge in [-0.15, -0.1) is 0 Å². The number of aromatic nitrogens is 1. The molecule has 3 aliphatic rings. The van der Waals surface area contributed by atoms with Crippen LogP contribution in [-0.2, 0) is 22.6 Å². The number of carbonyl (C=O) groups is 1. The predicted octanol–water partition coefficient (Wildman–Crippen LogP) is 2.88. The van der Waals surface area contributed by atoms with E-state index in [0.29, 0.717) is 32.9 Å². The highest BCUT2D eigenvalue weighted by Crippen LogP contribution is 2.27. The molecule has 0 bridgehead atoms. The van der Waals surface area contributed by atoms with Gasteiger partial charge in [0.15, 0.2) is 0 Å². The highest BCUT2D eigenvalue weighted by Gasteiger charge is 2.30. The van der Waals surface area contributed by atoms with E-state index < -0.39 is 0 Å². The fraction of sp³-hybridized carbons (Fsp3) is 0.520. The second-order valence-electron chi connectivity index (χ2n) is 8.89. The molecule has 0 aliphatic carbocycles. The maximum Gasteiger partial charge on any atom is 0.228 e. The number of ether oxygens (including phenoxy) is 3. The van der Waals surface area contributed by atoms with Crippen molar-refractivity contribution in [3.63, 3.8) is 0 Å². The fourth-order valence-electron chi connectivity index (χ4n) is 4.77. The van der Waals surface area contributed by atoms with Crippen molar-refractivity contribution in [2.75, 3.05) is 39.5 Å². The molecule has 1 unspecified atom stereocenters. The maximum atomic E-state index is 12.9. The van der Waals surface area contributed by atoms with Crippen molar-refractivity contribution in [3.05, 3.63) is 53.9 Å². The van der Waals surface area contributed by atoms with Crippen LogP contribution in [0.4, 0.5) is 0 Å². The van der Waals surface area contributed by atoms with E-state index in [2.05, 4.69) is 28.1 Å². The van der Waals surface area contributed by atoms with Gasteiger partial charge in [-0.05, 0) is 49.1 Å². The smallest absolute Gasteiger partial charge is 0.228 e. The maximum absolute atomic E-state index is 12.9.